The summed E-state index contributed by atoms with van der Waals surface area (Å²) in [5.74, 6) is 0. The summed E-state index contributed by atoms with van der Waals surface area (Å²) in [4.78, 5) is 22.5. The molecule has 1 aromatic heterocycles. The molecule has 0 amide bonds. The summed E-state index contributed by atoms with van der Waals surface area (Å²) in [5, 5.41) is 13.9. The molecule has 0 unspecified atom stereocenters. The number of hydrogen-bond acceptors (Lipinski definition) is 4. The molecule has 1 aromatic carbocycles. The molecular weight excluding hydrogens is 338 g/mol. The van der Waals surface area contributed by atoms with Crippen molar-refractivity contribution in [2.75, 3.05) is 11.9 Å². The van der Waals surface area contributed by atoms with Gasteiger partial charge in [0, 0.05) is 18.8 Å². The number of hydrogen-bond donors (Lipinski definition) is 1. The van der Waals surface area contributed by atoms with Crippen LogP contribution < -0.4 is 10.9 Å². The largest absolute Gasteiger partial charge is 0.380 e. The van der Waals surface area contributed by atoms with Crippen LogP contribution in [0.3, 0.4) is 0 Å². The molecule has 21 heavy (non-hydrogen) atoms. The van der Waals surface area contributed by atoms with Gasteiger partial charge in [0.25, 0.3) is 11.2 Å². The van der Waals surface area contributed by atoms with Crippen LogP contribution in [0, 0.1) is 10.1 Å². The highest BCUT2D eigenvalue weighted by Gasteiger charge is 2.13. The summed E-state index contributed by atoms with van der Waals surface area (Å²) >= 11 is 3.19. The van der Waals surface area contributed by atoms with Crippen LogP contribution in [-0.2, 0) is 6.54 Å². The van der Waals surface area contributed by atoms with Gasteiger partial charge >= 0.3 is 0 Å². The SMILES string of the molecule is CCNc1cc(Cn2cccc(Br)c2=O)ccc1[N+](=O)[O-]. The lowest BCUT2D eigenvalue weighted by Crippen LogP contribution is -2.20. The summed E-state index contributed by atoms with van der Waals surface area (Å²) in [6, 6.07) is 8.26. The Labute approximate surface area is 129 Å². The monoisotopic (exact) mass is 351 g/mol. The average Bonchev–Trinajstić information content (AvgIpc) is 2.44. The molecule has 0 bridgehead atoms. The molecule has 0 atom stereocenters. The number of nitro benzene ring substituents is 1. The second-order valence-corrected chi connectivity index (χ2v) is 5.28. The molecule has 2 aromatic rings. The quantitative estimate of drug-likeness (QED) is 0.663. The fourth-order valence-electron chi connectivity index (χ4n) is 2.00. The van der Waals surface area contributed by atoms with Crippen molar-refractivity contribution >= 4 is 27.3 Å². The van der Waals surface area contributed by atoms with Crippen molar-refractivity contribution in [1.29, 1.82) is 0 Å². The predicted molar refractivity (Wildman–Crippen MR) is 84.8 cm³/mol. The van der Waals surface area contributed by atoms with Gasteiger partial charge in [-0.3, -0.25) is 14.9 Å². The van der Waals surface area contributed by atoms with Crippen molar-refractivity contribution in [1.82, 2.24) is 4.57 Å². The van der Waals surface area contributed by atoms with Gasteiger partial charge in [-0.25, -0.2) is 0 Å². The molecule has 0 radical (unpaired) electrons. The van der Waals surface area contributed by atoms with Crippen LogP contribution in [0.25, 0.3) is 0 Å². The number of nitrogens with one attached hydrogen (secondary N) is 1. The Kier molecular flexibility index (Phi) is 4.74. The zero-order valence-electron chi connectivity index (χ0n) is 11.4. The molecular formula is C14H14BrN3O3. The van der Waals surface area contributed by atoms with E-state index in [0.717, 1.165) is 5.56 Å². The molecule has 1 heterocycles. The first-order chi connectivity index (χ1) is 10.0. The third-order valence-corrected chi connectivity index (χ3v) is 3.56. The lowest BCUT2D eigenvalue weighted by Gasteiger charge is -2.09. The molecule has 6 nitrogen and oxygen atoms in total. The Hall–Kier alpha value is -2.15. The fraction of sp³-hybridized carbons (Fsp3) is 0.214. The van der Waals surface area contributed by atoms with Crippen LogP contribution in [-0.4, -0.2) is 16.0 Å². The van der Waals surface area contributed by atoms with Crippen molar-refractivity contribution in [3.05, 3.63) is 67.0 Å². The van der Waals surface area contributed by atoms with E-state index in [-0.39, 0.29) is 11.2 Å². The minimum atomic E-state index is -0.424. The highest BCUT2D eigenvalue weighted by atomic mass is 79.9. The second kappa shape index (κ2) is 6.53. The van der Waals surface area contributed by atoms with E-state index in [4.69, 9.17) is 0 Å². The number of pyridine rings is 1. The van der Waals surface area contributed by atoms with Crippen LogP contribution in [0.2, 0.25) is 0 Å². The Morgan fingerprint density at radius 2 is 2.14 bits per heavy atom. The standard InChI is InChI=1S/C14H14BrN3O3/c1-2-16-12-8-10(5-6-13(12)18(20)21)9-17-7-3-4-11(15)14(17)19/h3-8,16H,2,9H2,1H3. The van der Waals surface area contributed by atoms with Gasteiger partial charge in [0.1, 0.15) is 5.69 Å². The third-order valence-electron chi connectivity index (χ3n) is 2.95. The first-order valence-corrected chi connectivity index (χ1v) is 7.18. The van der Waals surface area contributed by atoms with Gasteiger partial charge in [0.15, 0.2) is 0 Å². The summed E-state index contributed by atoms with van der Waals surface area (Å²) in [6.07, 6.45) is 1.68. The van der Waals surface area contributed by atoms with Crippen LogP contribution in [0.1, 0.15) is 12.5 Å². The van der Waals surface area contributed by atoms with E-state index in [1.54, 1.807) is 35.0 Å². The highest BCUT2D eigenvalue weighted by Crippen LogP contribution is 2.25. The number of anilines is 1. The lowest BCUT2D eigenvalue weighted by molar-refractivity contribution is -0.384. The summed E-state index contributed by atoms with van der Waals surface area (Å²) < 4.78 is 2.03. The third kappa shape index (κ3) is 3.49. The Balaban J connectivity index is 2.37. The molecule has 7 heteroatoms. The summed E-state index contributed by atoms with van der Waals surface area (Å²) in [6.45, 7) is 2.81. The zero-order chi connectivity index (χ0) is 15.4. The van der Waals surface area contributed by atoms with E-state index < -0.39 is 4.92 Å². The maximum absolute atomic E-state index is 12.0. The van der Waals surface area contributed by atoms with Crippen LogP contribution in [0.15, 0.2) is 45.8 Å². The molecule has 0 aliphatic rings. The molecule has 0 aliphatic heterocycles. The van der Waals surface area contributed by atoms with Gasteiger partial charge in [-0.15, -0.1) is 0 Å². The summed E-state index contributed by atoms with van der Waals surface area (Å²) in [7, 11) is 0. The van der Waals surface area contributed by atoms with Gasteiger partial charge in [-0.1, -0.05) is 6.07 Å². The number of nitro groups is 1. The number of halogens is 1. The molecule has 2 rings (SSSR count). The minimum Gasteiger partial charge on any atom is -0.380 e. The number of benzene rings is 1. The first kappa shape index (κ1) is 15.2. The van der Waals surface area contributed by atoms with E-state index >= 15 is 0 Å². The van der Waals surface area contributed by atoms with Crippen LogP contribution >= 0.6 is 15.9 Å². The van der Waals surface area contributed by atoms with Crippen molar-refractivity contribution in [3.8, 4) is 0 Å². The smallest absolute Gasteiger partial charge is 0.292 e. The van der Waals surface area contributed by atoms with Crippen LogP contribution in [0.5, 0.6) is 0 Å². The fourth-order valence-corrected chi connectivity index (χ4v) is 2.38. The molecule has 110 valence electrons. The van der Waals surface area contributed by atoms with Gasteiger partial charge in [0.05, 0.1) is 15.9 Å². The Bertz CT molecular complexity index is 728. The number of rotatable bonds is 5. The van der Waals surface area contributed by atoms with Gasteiger partial charge in [0.2, 0.25) is 0 Å². The maximum Gasteiger partial charge on any atom is 0.292 e. The molecule has 0 saturated carbocycles. The van der Waals surface area contributed by atoms with Crippen molar-refractivity contribution in [3.63, 3.8) is 0 Å². The van der Waals surface area contributed by atoms with E-state index in [1.165, 1.54) is 6.07 Å². The lowest BCUT2D eigenvalue weighted by atomic mass is 10.1. The Morgan fingerprint density at radius 1 is 1.38 bits per heavy atom. The molecule has 0 aliphatic carbocycles. The number of aromatic nitrogens is 1. The van der Waals surface area contributed by atoms with Crippen molar-refractivity contribution < 1.29 is 4.92 Å². The normalized spacial score (nSPS) is 10.4. The summed E-state index contributed by atoms with van der Waals surface area (Å²) in [5.41, 5.74) is 1.17. The van der Waals surface area contributed by atoms with Crippen molar-refractivity contribution in [2.24, 2.45) is 0 Å². The molecule has 0 fully saturated rings. The van der Waals surface area contributed by atoms with E-state index in [0.29, 0.717) is 23.2 Å². The topological polar surface area (TPSA) is 77.2 Å². The zero-order valence-corrected chi connectivity index (χ0v) is 13.0. The van der Waals surface area contributed by atoms with Gasteiger partial charge in [-0.05, 0) is 46.6 Å². The van der Waals surface area contributed by atoms with Gasteiger partial charge < -0.3 is 9.88 Å². The van der Waals surface area contributed by atoms with E-state index in [9.17, 15) is 14.9 Å². The molecule has 0 spiro atoms. The Morgan fingerprint density at radius 3 is 2.81 bits per heavy atom. The molecule has 1 N–H and O–H groups in total. The van der Waals surface area contributed by atoms with E-state index in [1.807, 2.05) is 6.92 Å². The first-order valence-electron chi connectivity index (χ1n) is 6.39. The van der Waals surface area contributed by atoms with Crippen molar-refractivity contribution in [2.45, 2.75) is 13.5 Å². The predicted octanol–water partition coefficient (Wildman–Crippen LogP) is 3.00. The highest BCUT2D eigenvalue weighted by molar-refractivity contribution is 9.10. The maximum atomic E-state index is 12.0. The average molecular weight is 352 g/mol. The van der Waals surface area contributed by atoms with Crippen LogP contribution in [0.4, 0.5) is 11.4 Å². The van der Waals surface area contributed by atoms with Gasteiger partial charge in [-0.2, -0.15) is 0 Å². The minimum absolute atomic E-state index is 0.0298. The van der Waals surface area contributed by atoms with E-state index in [2.05, 4.69) is 21.2 Å². The number of nitrogens with zero attached hydrogens (tertiary/aromatic N) is 2. The molecule has 0 saturated heterocycles. The second-order valence-electron chi connectivity index (χ2n) is 4.43.